The minimum absolute atomic E-state index is 0.105. The van der Waals surface area contributed by atoms with Crippen LogP contribution in [0.4, 0.5) is 0 Å². The van der Waals surface area contributed by atoms with Crippen molar-refractivity contribution < 1.29 is 28.5 Å². The molecule has 2 atom stereocenters. The first kappa shape index (κ1) is 28.3. The highest BCUT2D eigenvalue weighted by Crippen LogP contribution is 2.43. The van der Waals surface area contributed by atoms with E-state index in [0.717, 1.165) is 59.2 Å². The molecule has 2 fully saturated rings. The van der Waals surface area contributed by atoms with Gasteiger partial charge in [0, 0.05) is 21.5 Å². The van der Waals surface area contributed by atoms with Gasteiger partial charge in [-0.3, -0.25) is 0 Å². The SMILES string of the molecule is CCc1ccc2c(OCC(=O)OC(C)C3CCCC3)c3ccccc3c(OCC(=O)OC(C)C3CCCC3)c2c1. The van der Waals surface area contributed by atoms with Crippen LogP contribution < -0.4 is 9.47 Å². The predicted molar refractivity (Wildman–Crippen MR) is 157 cm³/mol. The highest BCUT2D eigenvalue weighted by Gasteiger charge is 2.26. The highest BCUT2D eigenvalue weighted by atomic mass is 16.6. The smallest absolute Gasteiger partial charge is 0.344 e. The van der Waals surface area contributed by atoms with Gasteiger partial charge in [-0.1, -0.05) is 69.0 Å². The number of hydrogen-bond donors (Lipinski definition) is 0. The summed E-state index contributed by atoms with van der Waals surface area (Å²) in [5.74, 6) is 1.38. The molecule has 0 saturated heterocycles. The Bertz CT molecular complexity index is 1340. The van der Waals surface area contributed by atoms with Crippen LogP contribution >= 0.6 is 0 Å². The Hall–Kier alpha value is -3.28. The van der Waals surface area contributed by atoms with Gasteiger partial charge in [0.05, 0.1) is 0 Å². The third-order valence-electron chi connectivity index (χ3n) is 8.83. The van der Waals surface area contributed by atoms with E-state index in [1.165, 1.54) is 25.7 Å². The van der Waals surface area contributed by atoms with E-state index in [-0.39, 0.29) is 37.4 Å². The van der Waals surface area contributed by atoms with Gasteiger partial charge in [-0.25, -0.2) is 9.59 Å². The minimum atomic E-state index is -0.360. The van der Waals surface area contributed by atoms with Crippen molar-refractivity contribution in [1.29, 1.82) is 0 Å². The lowest BCUT2D eigenvalue weighted by Crippen LogP contribution is -2.26. The van der Waals surface area contributed by atoms with Crippen molar-refractivity contribution >= 4 is 33.5 Å². The van der Waals surface area contributed by atoms with Crippen LogP contribution in [0, 0.1) is 11.8 Å². The molecule has 0 amide bonds. The highest BCUT2D eigenvalue weighted by molar-refractivity contribution is 6.11. The predicted octanol–water partition coefficient (Wildman–Crippen LogP) is 7.56. The summed E-state index contributed by atoms with van der Waals surface area (Å²) in [4.78, 5) is 25.5. The van der Waals surface area contributed by atoms with Gasteiger partial charge >= 0.3 is 11.9 Å². The van der Waals surface area contributed by atoms with Crippen molar-refractivity contribution in [3.05, 3.63) is 48.0 Å². The molecular formula is C34H42O6. The van der Waals surface area contributed by atoms with Crippen LogP contribution in [0.2, 0.25) is 0 Å². The number of benzene rings is 3. The van der Waals surface area contributed by atoms with Crippen LogP contribution in [0.25, 0.3) is 21.5 Å². The minimum Gasteiger partial charge on any atom is -0.481 e. The average molecular weight is 547 g/mol. The number of carbonyl (C=O) groups excluding carboxylic acids is 2. The molecule has 0 bridgehead atoms. The van der Waals surface area contributed by atoms with E-state index in [1.807, 2.05) is 44.2 Å². The van der Waals surface area contributed by atoms with Gasteiger partial charge in [-0.05, 0) is 69.4 Å². The molecule has 6 nitrogen and oxygen atoms in total. The molecule has 0 spiro atoms. The number of rotatable bonds is 11. The molecule has 3 aromatic carbocycles. The summed E-state index contributed by atoms with van der Waals surface area (Å²) < 4.78 is 23.9. The Morgan fingerprint density at radius 1 is 0.700 bits per heavy atom. The molecule has 0 aliphatic heterocycles. The van der Waals surface area contributed by atoms with Crippen LogP contribution in [0.15, 0.2) is 42.5 Å². The monoisotopic (exact) mass is 546 g/mol. The largest absolute Gasteiger partial charge is 0.481 e. The van der Waals surface area contributed by atoms with E-state index in [1.54, 1.807) is 0 Å². The number of hydrogen-bond acceptors (Lipinski definition) is 6. The number of esters is 2. The summed E-state index contributed by atoms with van der Waals surface area (Å²) in [6.45, 7) is 5.73. The lowest BCUT2D eigenvalue weighted by atomic mass is 9.98. The third kappa shape index (κ3) is 6.37. The zero-order valence-corrected chi connectivity index (χ0v) is 24.1. The quantitative estimate of drug-likeness (QED) is 0.183. The molecule has 0 N–H and O–H groups in total. The summed E-state index contributed by atoms with van der Waals surface area (Å²) in [7, 11) is 0. The second-order valence-electron chi connectivity index (χ2n) is 11.5. The molecule has 40 heavy (non-hydrogen) atoms. The van der Waals surface area contributed by atoms with Crippen molar-refractivity contribution in [2.75, 3.05) is 13.2 Å². The number of fused-ring (bicyclic) bond motifs is 2. The summed E-state index contributed by atoms with van der Waals surface area (Å²) in [5, 5.41) is 3.31. The van der Waals surface area contributed by atoms with Crippen LogP contribution in [0.1, 0.15) is 77.7 Å². The first-order chi connectivity index (χ1) is 19.4. The van der Waals surface area contributed by atoms with Gasteiger partial charge < -0.3 is 18.9 Å². The molecule has 0 radical (unpaired) electrons. The summed E-state index contributed by atoms with van der Waals surface area (Å²) >= 11 is 0. The van der Waals surface area contributed by atoms with E-state index in [0.29, 0.717) is 23.3 Å². The van der Waals surface area contributed by atoms with Gasteiger partial charge in [0.2, 0.25) is 0 Å². The fourth-order valence-corrected chi connectivity index (χ4v) is 6.47. The van der Waals surface area contributed by atoms with E-state index in [4.69, 9.17) is 18.9 Å². The Balaban J connectivity index is 1.39. The summed E-state index contributed by atoms with van der Waals surface area (Å²) in [6.07, 6.45) is 9.88. The van der Waals surface area contributed by atoms with Crippen LogP contribution in [-0.2, 0) is 25.5 Å². The maximum atomic E-state index is 12.8. The van der Waals surface area contributed by atoms with Crippen LogP contribution in [-0.4, -0.2) is 37.4 Å². The van der Waals surface area contributed by atoms with E-state index >= 15 is 0 Å². The second kappa shape index (κ2) is 12.9. The molecular weight excluding hydrogens is 504 g/mol. The Kier molecular flexibility index (Phi) is 9.13. The zero-order valence-electron chi connectivity index (χ0n) is 24.1. The van der Waals surface area contributed by atoms with E-state index < -0.39 is 0 Å². The van der Waals surface area contributed by atoms with Crippen molar-refractivity contribution in [1.82, 2.24) is 0 Å². The first-order valence-corrected chi connectivity index (χ1v) is 15.1. The number of carbonyl (C=O) groups is 2. The molecule has 3 aromatic rings. The maximum absolute atomic E-state index is 12.8. The lowest BCUT2D eigenvalue weighted by molar-refractivity contribution is -0.154. The summed E-state index contributed by atoms with van der Waals surface area (Å²) in [6, 6.07) is 13.9. The molecule has 0 heterocycles. The standard InChI is InChI=1S/C34H42O6/c1-4-24-17-18-29-30(19-24)34(38-21-32(36)40-23(3)26-13-7-8-14-26)28-16-10-9-15-27(28)33(29)37-20-31(35)39-22(2)25-11-5-6-12-25/h9-10,15-19,22-23,25-26H,4-8,11-14,20-21H2,1-3H3. The second-order valence-corrected chi connectivity index (χ2v) is 11.5. The molecule has 0 aromatic heterocycles. The van der Waals surface area contributed by atoms with Crippen molar-refractivity contribution in [2.24, 2.45) is 11.8 Å². The topological polar surface area (TPSA) is 71.1 Å². The Morgan fingerprint density at radius 3 is 1.62 bits per heavy atom. The number of ether oxygens (including phenoxy) is 4. The Morgan fingerprint density at radius 2 is 1.15 bits per heavy atom. The molecule has 2 saturated carbocycles. The first-order valence-electron chi connectivity index (χ1n) is 15.1. The average Bonchev–Trinajstić information content (AvgIpc) is 3.70. The molecule has 214 valence electrons. The van der Waals surface area contributed by atoms with Gasteiger partial charge in [0.1, 0.15) is 23.7 Å². The fourth-order valence-electron chi connectivity index (χ4n) is 6.47. The van der Waals surface area contributed by atoms with Crippen LogP contribution in [0.3, 0.4) is 0 Å². The molecule has 2 aliphatic rings. The maximum Gasteiger partial charge on any atom is 0.344 e. The van der Waals surface area contributed by atoms with Gasteiger partial charge in [-0.15, -0.1) is 0 Å². The van der Waals surface area contributed by atoms with Crippen molar-refractivity contribution in [3.8, 4) is 11.5 Å². The Labute approximate surface area is 237 Å². The third-order valence-corrected chi connectivity index (χ3v) is 8.83. The summed E-state index contributed by atoms with van der Waals surface area (Å²) in [5.41, 5.74) is 1.14. The van der Waals surface area contributed by atoms with Gasteiger partial charge in [-0.2, -0.15) is 0 Å². The lowest BCUT2D eigenvalue weighted by Gasteiger charge is -2.21. The molecule has 6 heteroatoms. The normalized spacial score (nSPS) is 17.7. The molecule has 2 unspecified atom stereocenters. The van der Waals surface area contributed by atoms with Gasteiger partial charge in [0.25, 0.3) is 0 Å². The molecule has 2 aliphatic carbocycles. The van der Waals surface area contributed by atoms with Crippen molar-refractivity contribution in [2.45, 2.75) is 90.8 Å². The van der Waals surface area contributed by atoms with Crippen LogP contribution in [0.5, 0.6) is 11.5 Å². The van der Waals surface area contributed by atoms with Gasteiger partial charge in [0.15, 0.2) is 13.2 Å². The zero-order chi connectivity index (χ0) is 28.1. The number of aryl methyl sites for hydroxylation is 1. The fraction of sp³-hybridized carbons (Fsp3) is 0.529. The van der Waals surface area contributed by atoms with E-state index in [2.05, 4.69) is 19.1 Å². The van der Waals surface area contributed by atoms with E-state index in [9.17, 15) is 9.59 Å². The molecule has 5 rings (SSSR count). The van der Waals surface area contributed by atoms with Crippen molar-refractivity contribution in [3.63, 3.8) is 0 Å².